The van der Waals surface area contributed by atoms with Crippen LogP contribution in [0.15, 0.2) is 28.7 Å². The quantitative estimate of drug-likeness (QED) is 0.921. The van der Waals surface area contributed by atoms with E-state index in [9.17, 15) is 9.59 Å². The van der Waals surface area contributed by atoms with Crippen molar-refractivity contribution >= 4 is 27.7 Å². The highest BCUT2D eigenvalue weighted by Crippen LogP contribution is 2.18. The Kier molecular flexibility index (Phi) is 4.69. The summed E-state index contributed by atoms with van der Waals surface area (Å²) in [6.45, 7) is 3.62. The molecule has 92 valence electrons. The zero-order chi connectivity index (χ0) is 13.0. The lowest BCUT2D eigenvalue weighted by Crippen LogP contribution is -2.42. The first kappa shape index (κ1) is 13.7. The van der Waals surface area contributed by atoms with Crippen LogP contribution in [0.25, 0.3) is 0 Å². The number of nitrogens with zero attached hydrogens (tertiary/aromatic N) is 1. The van der Waals surface area contributed by atoms with Gasteiger partial charge in [-0.2, -0.15) is 0 Å². The van der Waals surface area contributed by atoms with Crippen molar-refractivity contribution in [2.75, 3.05) is 6.54 Å². The number of hydrogen-bond donors (Lipinski definition) is 1. The van der Waals surface area contributed by atoms with Gasteiger partial charge < -0.3 is 10.6 Å². The molecule has 1 aromatic carbocycles. The summed E-state index contributed by atoms with van der Waals surface area (Å²) in [5.41, 5.74) is 5.67. The van der Waals surface area contributed by atoms with Gasteiger partial charge in [0.25, 0.3) is 5.91 Å². The SMILES string of the molecule is CC(C)N(CC(N)=O)C(=O)c1ccccc1Br. The summed E-state index contributed by atoms with van der Waals surface area (Å²) in [5.74, 6) is -0.717. The van der Waals surface area contributed by atoms with E-state index in [4.69, 9.17) is 5.73 Å². The van der Waals surface area contributed by atoms with E-state index in [1.54, 1.807) is 18.2 Å². The highest BCUT2D eigenvalue weighted by atomic mass is 79.9. The zero-order valence-corrected chi connectivity index (χ0v) is 11.4. The standard InChI is InChI=1S/C12H15BrN2O2/c1-8(2)15(7-11(14)16)12(17)9-5-3-4-6-10(9)13/h3-6,8H,7H2,1-2H3,(H2,14,16). The minimum absolute atomic E-state index is 0.0716. The van der Waals surface area contributed by atoms with Gasteiger partial charge in [0.2, 0.25) is 5.91 Å². The molecule has 17 heavy (non-hydrogen) atoms. The van der Waals surface area contributed by atoms with Crippen LogP contribution in [0.4, 0.5) is 0 Å². The summed E-state index contributed by atoms with van der Waals surface area (Å²) >= 11 is 3.32. The van der Waals surface area contributed by atoms with Crippen LogP contribution in [0.2, 0.25) is 0 Å². The summed E-state index contributed by atoms with van der Waals surface area (Å²) in [6.07, 6.45) is 0. The molecule has 0 atom stereocenters. The Labute approximate surface area is 109 Å². The van der Waals surface area contributed by atoms with Crippen molar-refractivity contribution in [2.24, 2.45) is 5.73 Å². The molecule has 1 rings (SSSR count). The molecule has 0 saturated carbocycles. The number of carbonyl (C=O) groups is 2. The van der Waals surface area contributed by atoms with Gasteiger partial charge in [-0.1, -0.05) is 12.1 Å². The second-order valence-corrected chi connectivity index (χ2v) is 4.83. The topological polar surface area (TPSA) is 63.4 Å². The maximum absolute atomic E-state index is 12.2. The number of primary amides is 1. The first-order valence-electron chi connectivity index (χ1n) is 5.27. The Morgan fingerprint density at radius 3 is 2.41 bits per heavy atom. The number of benzene rings is 1. The Bertz CT molecular complexity index is 432. The molecule has 4 nitrogen and oxygen atoms in total. The number of rotatable bonds is 4. The minimum atomic E-state index is -0.515. The smallest absolute Gasteiger partial charge is 0.255 e. The molecule has 0 saturated heterocycles. The van der Waals surface area contributed by atoms with Crippen LogP contribution in [0.1, 0.15) is 24.2 Å². The Morgan fingerprint density at radius 1 is 1.35 bits per heavy atom. The van der Waals surface area contributed by atoms with E-state index >= 15 is 0 Å². The summed E-state index contributed by atoms with van der Waals surface area (Å²) < 4.78 is 0.708. The van der Waals surface area contributed by atoms with E-state index in [0.717, 1.165) is 0 Å². The summed E-state index contributed by atoms with van der Waals surface area (Å²) in [7, 11) is 0. The van der Waals surface area contributed by atoms with E-state index in [-0.39, 0.29) is 18.5 Å². The molecule has 0 aliphatic heterocycles. The molecule has 0 fully saturated rings. The number of halogens is 1. The van der Waals surface area contributed by atoms with Crippen molar-refractivity contribution in [3.8, 4) is 0 Å². The van der Waals surface area contributed by atoms with Crippen LogP contribution < -0.4 is 5.73 Å². The fraction of sp³-hybridized carbons (Fsp3) is 0.333. The van der Waals surface area contributed by atoms with Gasteiger partial charge in [0.15, 0.2) is 0 Å². The summed E-state index contributed by atoms with van der Waals surface area (Å²) in [5, 5.41) is 0. The van der Waals surface area contributed by atoms with Gasteiger partial charge in [0.05, 0.1) is 12.1 Å². The van der Waals surface area contributed by atoms with Gasteiger partial charge >= 0.3 is 0 Å². The van der Waals surface area contributed by atoms with Crippen LogP contribution in [0, 0.1) is 0 Å². The first-order chi connectivity index (χ1) is 7.93. The van der Waals surface area contributed by atoms with Crippen LogP contribution >= 0.6 is 15.9 Å². The molecule has 0 spiro atoms. The largest absolute Gasteiger partial charge is 0.368 e. The second-order valence-electron chi connectivity index (χ2n) is 3.97. The number of carbonyl (C=O) groups excluding carboxylic acids is 2. The number of hydrogen-bond acceptors (Lipinski definition) is 2. The maximum Gasteiger partial charge on any atom is 0.255 e. The van der Waals surface area contributed by atoms with Crippen LogP contribution in [0.5, 0.6) is 0 Å². The molecule has 0 aromatic heterocycles. The van der Waals surface area contributed by atoms with Gasteiger partial charge in [-0.15, -0.1) is 0 Å². The second kappa shape index (κ2) is 5.82. The summed E-state index contributed by atoms with van der Waals surface area (Å²) in [6, 6.07) is 7.02. The van der Waals surface area contributed by atoms with Crippen molar-refractivity contribution in [1.29, 1.82) is 0 Å². The highest BCUT2D eigenvalue weighted by Gasteiger charge is 2.21. The number of amides is 2. The first-order valence-corrected chi connectivity index (χ1v) is 6.06. The normalized spacial score (nSPS) is 10.4. The van der Waals surface area contributed by atoms with Crippen LogP contribution in [-0.4, -0.2) is 29.3 Å². The van der Waals surface area contributed by atoms with Crippen molar-refractivity contribution in [2.45, 2.75) is 19.9 Å². The van der Waals surface area contributed by atoms with Gasteiger partial charge in [-0.05, 0) is 41.9 Å². The van der Waals surface area contributed by atoms with E-state index in [2.05, 4.69) is 15.9 Å². The predicted molar refractivity (Wildman–Crippen MR) is 69.5 cm³/mol. The molecule has 2 N–H and O–H groups in total. The van der Waals surface area contributed by atoms with E-state index < -0.39 is 5.91 Å². The monoisotopic (exact) mass is 298 g/mol. The van der Waals surface area contributed by atoms with Crippen LogP contribution in [0.3, 0.4) is 0 Å². The molecule has 0 aliphatic rings. The van der Waals surface area contributed by atoms with E-state index in [1.807, 2.05) is 19.9 Å². The third-order valence-electron chi connectivity index (χ3n) is 2.31. The molecule has 2 amide bonds. The van der Waals surface area contributed by atoms with Crippen molar-refractivity contribution in [3.63, 3.8) is 0 Å². The predicted octanol–water partition coefficient (Wildman–Crippen LogP) is 1.78. The average Bonchev–Trinajstić information content (AvgIpc) is 2.25. The number of nitrogens with two attached hydrogens (primary N) is 1. The Balaban J connectivity index is 3.00. The minimum Gasteiger partial charge on any atom is -0.368 e. The maximum atomic E-state index is 12.2. The lowest BCUT2D eigenvalue weighted by atomic mass is 10.1. The molecule has 1 aromatic rings. The Hall–Kier alpha value is -1.36. The van der Waals surface area contributed by atoms with E-state index in [1.165, 1.54) is 4.90 Å². The van der Waals surface area contributed by atoms with Gasteiger partial charge in [-0.25, -0.2) is 0 Å². The Morgan fingerprint density at radius 2 is 1.94 bits per heavy atom. The van der Waals surface area contributed by atoms with Gasteiger partial charge in [-0.3, -0.25) is 9.59 Å². The molecule has 0 unspecified atom stereocenters. The fourth-order valence-electron chi connectivity index (χ4n) is 1.45. The molecule has 0 heterocycles. The molecular formula is C12H15BrN2O2. The molecule has 0 radical (unpaired) electrons. The lowest BCUT2D eigenvalue weighted by Gasteiger charge is -2.25. The fourth-order valence-corrected chi connectivity index (χ4v) is 1.90. The molecule has 0 aliphatic carbocycles. The zero-order valence-electron chi connectivity index (χ0n) is 9.81. The van der Waals surface area contributed by atoms with Crippen molar-refractivity contribution < 1.29 is 9.59 Å². The van der Waals surface area contributed by atoms with Crippen molar-refractivity contribution in [3.05, 3.63) is 34.3 Å². The van der Waals surface area contributed by atoms with Gasteiger partial charge in [0.1, 0.15) is 0 Å². The summed E-state index contributed by atoms with van der Waals surface area (Å²) in [4.78, 5) is 24.6. The highest BCUT2D eigenvalue weighted by molar-refractivity contribution is 9.10. The average molecular weight is 299 g/mol. The molecular weight excluding hydrogens is 284 g/mol. The van der Waals surface area contributed by atoms with Crippen molar-refractivity contribution in [1.82, 2.24) is 4.90 Å². The lowest BCUT2D eigenvalue weighted by molar-refractivity contribution is -0.119. The third kappa shape index (κ3) is 3.56. The van der Waals surface area contributed by atoms with Gasteiger partial charge in [0, 0.05) is 10.5 Å². The molecule has 0 bridgehead atoms. The van der Waals surface area contributed by atoms with Crippen LogP contribution in [-0.2, 0) is 4.79 Å². The van der Waals surface area contributed by atoms with E-state index in [0.29, 0.717) is 10.0 Å². The molecule has 5 heteroatoms. The third-order valence-corrected chi connectivity index (χ3v) is 3.01.